The predicted octanol–water partition coefficient (Wildman–Crippen LogP) is 1.27. The Morgan fingerprint density at radius 2 is 0.500 bits per heavy atom. The van der Waals surface area contributed by atoms with Crippen LogP contribution < -0.4 is 0 Å². The van der Waals surface area contributed by atoms with E-state index in [0.717, 1.165) is 0 Å². The fourth-order valence-corrected chi connectivity index (χ4v) is 0. The van der Waals surface area contributed by atoms with Crippen LogP contribution in [0.4, 0.5) is 0 Å². The van der Waals surface area contributed by atoms with Gasteiger partial charge in [-0.3, -0.25) is 0 Å². The van der Waals surface area contributed by atoms with E-state index in [2.05, 4.69) is 0 Å². The molecule has 0 saturated carbocycles. The van der Waals surface area contributed by atoms with Crippen molar-refractivity contribution in [2.24, 2.45) is 0 Å². The fourth-order valence-electron chi connectivity index (χ4n) is 0. The van der Waals surface area contributed by atoms with Crippen molar-refractivity contribution < 1.29 is 54.6 Å². The van der Waals surface area contributed by atoms with Gasteiger partial charge in [0.15, 0.2) is 0 Å². The minimum Gasteiger partial charge on any atom is -0.0776 e. The van der Waals surface area contributed by atoms with Gasteiger partial charge in [-0.15, -0.1) is 0 Å². The van der Waals surface area contributed by atoms with E-state index in [1.54, 1.807) is 0 Å². The number of rotatable bonds is 0. The molecule has 20 valence electrons. The van der Waals surface area contributed by atoms with Crippen LogP contribution in [0.2, 0.25) is 0 Å². The maximum Gasteiger partial charge on any atom is 0 e. The van der Waals surface area contributed by atoms with Crippen molar-refractivity contribution in [1.29, 1.82) is 0 Å². The van der Waals surface area contributed by atoms with E-state index in [0.29, 0.717) is 0 Å². The second-order valence-electron chi connectivity index (χ2n) is 0. The Hall–Kier alpha value is 1.84. The van der Waals surface area contributed by atoms with Crippen molar-refractivity contribution in [3.8, 4) is 0 Å². The molecule has 0 aliphatic heterocycles. The molecule has 2 heteroatoms. The number of hydrogen-bond donors (Lipinski definition) is 0. The molecule has 0 nitrogen and oxygen atoms in total. The van der Waals surface area contributed by atoms with Gasteiger partial charge in [-0.05, 0) is 0 Å². The standard InChI is InChI=1S/2CH4.2Cd/h2*1H4;;. The van der Waals surface area contributed by atoms with Crippen molar-refractivity contribution in [2.45, 2.75) is 14.9 Å². The van der Waals surface area contributed by atoms with E-state index in [4.69, 9.17) is 0 Å². The first kappa shape index (κ1) is 40.3. The molecular formula is C2H8Cd2. The van der Waals surface area contributed by atoms with Gasteiger partial charge in [0.1, 0.15) is 0 Å². The summed E-state index contributed by atoms with van der Waals surface area (Å²) in [5.74, 6) is 0. The summed E-state index contributed by atoms with van der Waals surface area (Å²) in [5.41, 5.74) is 0. The van der Waals surface area contributed by atoms with Gasteiger partial charge in [-0.1, -0.05) is 14.9 Å². The molecule has 0 fully saturated rings. The Morgan fingerprint density at radius 3 is 0.500 bits per heavy atom. The second-order valence-corrected chi connectivity index (χ2v) is 0. The molecule has 0 rings (SSSR count). The summed E-state index contributed by atoms with van der Waals surface area (Å²) in [4.78, 5) is 0. The average Bonchev–Trinajstić information content (AvgIpc) is 0. The Kier molecular flexibility index (Phi) is 212. The van der Waals surface area contributed by atoms with Crippen LogP contribution in [0.15, 0.2) is 0 Å². The zero-order chi connectivity index (χ0) is 0. The van der Waals surface area contributed by atoms with Crippen molar-refractivity contribution in [1.82, 2.24) is 0 Å². The molecule has 0 heterocycles. The van der Waals surface area contributed by atoms with E-state index in [9.17, 15) is 0 Å². The van der Waals surface area contributed by atoms with Crippen LogP contribution in [0.1, 0.15) is 14.9 Å². The molecule has 0 unspecified atom stereocenters. The molecule has 0 saturated heterocycles. The summed E-state index contributed by atoms with van der Waals surface area (Å²) >= 11 is 0. The third-order valence-electron chi connectivity index (χ3n) is 0. The first-order chi connectivity index (χ1) is 0. The van der Waals surface area contributed by atoms with Crippen LogP contribution in [-0.4, -0.2) is 0 Å². The summed E-state index contributed by atoms with van der Waals surface area (Å²) in [6, 6.07) is 0. The number of hydrogen-bond acceptors (Lipinski definition) is 0. The van der Waals surface area contributed by atoms with Crippen LogP contribution in [0, 0.1) is 0 Å². The van der Waals surface area contributed by atoms with E-state index < -0.39 is 0 Å². The molecule has 0 aliphatic carbocycles. The summed E-state index contributed by atoms with van der Waals surface area (Å²) < 4.78 is 0. The minimum absolute atomic E-state index is 0. The fraction of sp³-hybridized carbons (Fsp3) is 1.00. The molecule has 4 heavy (non-hydrogen) atoms. The molecular weight excluding hydrogens is 249 g/mol. The average molecular weight is 257 g/mol. The molecule has 0 atom stereocenters. The van der Waals surface area contributed by atoms with Crippen molar-refractivity contribution >= 4 is 0 Å². The molecule has 0 aromatic carbocycles. The first-order valence-electron chi connectivity index (χ1n) is 0. The molecule has 0 radical (unpaired) electrons. The smallest absolute Gasteiger partial charge is 0 e. The molecule has 0 bridgehead atoms. The predicted molar refractivity (Wildman–Crippen MR) is 13.5 cm³/mol. The Bertz CT molecular complexity index is 4.00. The molecule has 0 N–H and O–H groups in total. The van der Waals surface area contributed by atoms with E-state index >= 15 is 0 Å². The first-order valence-corrected chi connectivity index (χ1v) is 0. The molecule has 0 aromatic rings. The zero-order valence-corrected chi connectivity index (χ0v) is 9.49. The largest absolute Gasteiger partial charge is 0.0776 e. The molecule has 0 aliphatic rings. The Labute approximate surface area is 68.7 Å². The third-order valence-corrected chi connectivity index (χ3v) is 0. The monoisotopic (exact) mass is 260 g/mol. The molecule has 0 amide bonds. The van der Waals surface area contributed by atoms with Gasteiger partial charge in [0.2, 0.25) is 0 Å². The van der Waals surface area contributed by atoms with Gasteiger partial charge in [0.05, 0.1) is 0 Å². The van der Waals surface area contributed by atoms with E-state index in [1.807, 2.05) is 0 Å². The summed E-state index contributed by atoms with van der Waals surface area (Å²) in [7, 11) is 0. The van der Waals surface area contributed by atoms with Crippen LogP contribution in [0.25, 0.3) is 0 Å². The SMILES string of the molecule is C.C.[Cd].[Cd]. The van der Waals surface area contributed by atoms with Crippen LogP contribution in [0.3, 0.4) is 0 Å². The minimum atomic E-state index is 0. The maximum atomic E-state index is 0. The van der Waals surface area contributed by atoms with Gasteiger partial charge in [0.25, 0.3) is 0 Å². The van der Waals surface area contributed by atoms with Crippen molar-refractivity contribution in [3.63, 3.8) is 0 Å². The van der Waals surface area contributed by atoms with Crippen LogP contribution in [-0.2, 0) is 54.6 Å². The quantitative estimate of drug-likeness (QED) is 0.573. The molecule has 0 aromatic heterocycles. The summed E-state index contributed by atoms with van der Waals surface area (Å²) in [5, 5.41) is 0. The van der Waals surface area contributed by atoms with Crippen LogP contribution >= 0.6 is 0 Å². The third kappa shape index (κ3) is 9.14. The van der Waals surface area contributed by atoms with Crippen LogP contribution in [0.5, 0.6) is 0 Å². The van der Waals surface area contributed by atoms with Gasteiger partial charge in [-0.25, -0.2) is 0 Å². The van der Waals surface area contributed by atoms with Gasteiger partial charge < -0.3 is 0 Å². The second kappa shape index (κ2) is 21.0. The Balaban J connectivity index is 0. The topological polar surface area (TPSA) is 0 Å². The summed E-state index contributed by atoms with van der Waals surface area (Å²) in [6.45, 7) is 0. The van der Waals surface area contributed by atoms with E-state index in [-0.39, 0.29) is 69.5 Å². The zero-order valence-electron chi connectivity index (χ0n) is 1.41. The van der Waals surface area contributed by atoms with Gasteiger partial charge in [0, 0.05) is 54.6 Å². The van der Waals surface area contributed by atoms with E-state index in [1.165, 1.54) is 0 Å². The van der Waals surface area contributed by atoms with Gasteiger partial charge in [-0.2, -0.15) is 0 Å². The summed E-state index contributed by atoms with van der Waals surface area (Å²) in [6.07, 6.45) is 0. The van der Waals surface area contributed by atoms with Gasteiger partial charge >= 0.3 is 0 Å². The molecule has 0 spiro atoms. The van der Waals surface area contributed by atoms with Crippen molar-refractivity contribution in [3.05, 3.63) is 0 Å². The van der Waals surface area contributed by atoms with Crippen molar-refractivity contribution in [2.75, 3.05) is 0 Å². The maximum absolute atomic E-state index is 0. The Morgan fingerprint density at radius 1 is 0.500 bits per heavy atom. The normalized spacial score (nSPS) is 0.